The van der Waals surface area contributed by atoms with Gasteiger partial charge in [-0.3, -0.25) is 20.4 Å². The fourth-order valence-electron chi connectivity index (χ4n) is 1.29. The first-order valence-electron chi connectivity index (χ1n) is 5.63. The fourth-order valence-corrected chi connectivity index (χ4v) is 3.58. The number of thioether (sulfide) groups is 1. The van der Waals surface area contributed by atoms with Crippen LogP contribution in [0.2, 0.25) is 0 Å². The van der Waals surface area contributed by atoms with Gasteiger partial charge < -0.3 is 5.11 Å². The standard InChI is InChI=1S/C12H10N2O4S3/c15-10(13-14-11(16)8-2-1-3-19-8)6-20-7-4-9(12(17)18)21-5-7/h1-5H,6H2,(H,13,15)(H,14,16)(H,17,18). The topological polar surface area (TPSA) is 95.5 Å². The lowest BCUT2D eigenvalue weighted by Crippen LogP contribution is -2.42. The lowest BCUT2D eigenvalue weighted by molar-refractivity contribution is -0.119. The van der Waals surface area contributed by atoms with Gasteiger partial charge in [0.05, 0.1) is 10.6 Å². The summed E-state index contributed by atoms with van der Waals surface area (Å²) < 4.78 is 0. The van der Waals surface area contributed by atoms with E-state index in [2.05, 4.69) is 10.9 Å². The van der Waals surface area contributed by atoms with Crippen molar-refractivity contribution in [2.24, 2.45) is 0 Å². The van der Waals surface area contributed by atoms with Crippen LogP contribution in [0.25, 0.3) is 0 Å². The Bertz CT molecular complexity index is 651. The van der Waals surface area contributed by atoms with Crippen LogP contribution >= 0.6 is 34.4 Å². The Morgan fingerprint density at radius 3 is 2.62 bits per heavy atom. The molecule has 0 atom stereocenters. The summed E-state index contributed by atoms with van der Waals surface area (Å²) in [6, 6.07) is 4.91. The number of aromatic carboxylic acids is 1. The summed E-state index contributed by atoms with van der Waals surface area (Å²) in [6.45, 7) is 0. The van der Waals surface area contributed by atoms with Crippen molar-refractivity contribution in [1.82, 2.24) is 10.9 Å². The molecule has 2 aromatic heterocycles. The molecule has 3 N–H and O–H groups in total. The maximum absolute atomic E-state index is 11.6. The molecule has 21 heavy (non-hydrogen) atoms. The highest BCUT2D eigenvalue weighted by molar-refractivity contribution is 8.00. The van der Waals surface area contributed by atoms with E-state index in [-0.39, 0.29) is 22.4 Å². The van der Waals surface area contributed by atoms with E-state index in [1.54, 1.807) is 22.9 Å². The summed E-state index contributed by atoms with van der Waals surface area (Å²) >= 11 is 3.58. The van der Waals surface area contributed by atoms with Crippen LogP contribution in [-0.2, 0) is 4.79 Å². The van der Waals surface area contributed by atoms with Crippen LogP contribution < -0.4 is 10.9 Å². The summed E-state index contributed by atoms with van der Waals surface area (Å²) in [4.78, 5) is 35.3. The Kier molecular flexibility index (Phi) is 5.37. The number of carbonyl (C=O) groups is 3. The van der Waals surface area contributed by atoms with Crippen LogP contribution in [0.4, 0.5) is 0 Å². The minimum atomic E-state index is -0.987. The summed E-state index contributed by atoms with van der Waals surface area (Å²) in [7, 11) is 0. The SMILES string of the molecule is O=C(CSc1csc(C(=O)O)c1)NNC(=O)c1cccs1. The molecular weight excluding hydrogens is 332 g/mol. The van der Waals surface area contributed by atoms with Crippen molar-refractivity contribution in [3.8, 4) is 0 Å². The minimum absolute atomic E-state index is 0.0838. The average Bonchev–Trinajstić information content (AvgIpc) is 3.13. The van der Waals surface area contributed by atoms with Crippen molar-refractivity contribution in [1.29, 1.82) is 0 Å². The Hall–Kier alpha value is -1.84. The quantitative estimate of drug-likeness (QED) is 0.571. The summed E-state index contributed by atoms with van der Waals surface area (Å²) in [5.74, 6) is -1.64. The second-order valence-corrected chi connectivity index (χ2v) is 6.63. The summed E-state index contributed by atoms with van der Waals surface area (Å²) in [5, 5.41) is 12.2. The average molecular weight is 342 g/mol. The van der Waals surface area contributed by atoms with Gasteiger partial charge >= 0.3 is 5.97 Å². The molecule has 0 radical (unpaired) electrons. The Balaban J connectivity index is 1.74. The van der Waals surface area contributed by atoms with Crippen LogP contribution in [0.1, 0.15) is 19.3 Å². The molecule has 6 nitrogen and oxygen atoms in total. The molecule has 0 spiro atoms. The zero-order chi connectivity index (χ0) is 15.2. The van der Waals surface area contributed by atoms with E-state index >= 15 is 0 Å². The number of nitrogens with one attached hydrogen (secondary N) is 2. The maximum Gasteiger partial charge on any atom is 0.345 e. The minimum Gasteiger partial charge on any atom is -0.477 e. The molecule has 2 amide bonds. The molecule has 0 fully saturated rings. The van der Waals surface area contributed by atoms with Crippen molar-refractivity contribution in [3.63, 3.8) is 0 Å². The number of carboxylic acid groups (broad SMARTS) is 1. The molecule has 0 saturated carbocycles. The van der Waals surface area contributed by atoms with Crippen molar-refractivity contribution in [2.45, 2.75) is 4.90 Å². The van der Waals surface area contributed by atoms with E-state index in [1.165, 1.54) is 29.2 Å². The molecule has 2 aromatic rings. The highest BCUT2D eigenvalue weighted by Crippen LogP contribution is 2.24. The maximum atomic E-state index is 11.6. The first kappa shape index (κ1) is 15.5. The van der Waals surface area contributed by atoms with E-state index in [0.717, 1.165) is 11.3 Å². The van der Waals surface area contributed by atoms with Gasteiger partial charge in [-0.05, 0) is 17.5 Å². The van der Waals surface area contributed by atoms with Gasteiger partial charge in [-0.25, -0.2) is 4.79 Å². The highest BCUT2D eigenvalue weighted by atomic mass is 32.2. The first-order chi connectivity index (χ1) is 10.1. The number of rotatable bonds is 5. The predicted molar refractivity (Wildman–Crippen MR) is 81.9 cm³/mol. The molecule has 0 aliphatic carbocycles. The zero-order valence-electron chi connectivity index (χ0n) is 10.5. The second kappa shape index (κ2) is 7.25. The fraction of sp³-hybridized carbons (Fsp3) is 0.0833. The molecule has 0 saturated heterocycles. The largest absolute Gasteiger partial charge is 0.477 e. The van der Waals surface area contributed by atoms with Crippen molar-refractivity contribution in [3.05, 3.63) is 38.7 Å². The molecule has 0 aliphatic rings. The third kappa shape index (κ3) is 4.59. The third-order valence-corrected chi connectivity index (χ3v) is 5.13. The van der Waals surface area contributed by atoms with Crippen LogP contribution in [0.5, 0.6) is 0 Å². The number of thiophene rings is 2. The third-order valence-electron chi connectivity index (χ3n) is 2.22. The van der Waals surface area contributed by atoms with E-state index in [0.29, 0.717) is 9.77 Å². The Labute approximate surface area is 132 Å². The monoisotopic (exact) mass is 342 g/mol. The van der Waals surface area contributed by atoms with Gasteiger partial charge in [0, 0.05) is 10.3 Å². The molecule has 9 heteroatoms. The highest BCUT2D eigenvalue weighted by Gasteiger charge is 2.10. The van der Waals surface area contributed by atoms with Gasteiger partial charge in [0.1, 0.15) is 4.88 Å². The van der Waals surface area contributed by atoms with Gasteiger partial charge in [-0.2, -0.15) is 0 Å². The van der Waals surface area contributed by atoms with E-state index in [4.69, 9.17) is 5.11 Å². The van der Waals surface area contributed by atoms with E-state index < -0.39 is 5.97 Å². The van der Waals surface area contributed by atoms with Gasteiger partial charge in [-0.1, -0.05) is 6.07 Å². The number of hydrogen-bond donors (Lipinski definition) is 3. The van der Waals surface area contributed by atoms with E-state index in [9.17, 15) is 14.4 Å². The van der Waals surface area contributed by atoms with Crippen molar-refractivity contribution in [2.75, 3.05) is 5.75 Å². The van der Waals surface area contributed by atoms with Gasteiger partial charge in [0.15, 0.2) is 0 Å². The number of amides is 2. The molecule has 0 bridgehead atoms. The molecule has 0 aliphatic heterocycles. The summed E-state index contributed by atoms with van der Waals surface area (Å²) in [5.41, 5.74) is 4.62. The van der Waals surface area contributed by atoms with Crippen molar-refractivity contribution >= 4 is 52.2 Å². The van der Waals surface area contributed by atoms with Crippen LogP contribution in [0.3, 0.4) is 0 Å². The first-order valence-corrected chi connectivity index (χ1v) is 8.38. The smallest absolute Gasteiger partial charge is 0.345 e. The van der Waals surface area contributed by atoms with Crippen LogP contribution in [0.15, 0.2) is 33.9 Å². The van der Waals surface area contributed by atoms with Gasteiger partial charge in [0.25, 0.3) is 5.91 Å². The van der Waals surface area contributed by atoms with E-state index in [1.807, 2.05) is 0 Å². The number of hydrazine groups is 1. The van der Waals surface area contributed by atoms with Crippen LogP contribution in [-0.4, -0.2) is 28.6 Å². The molecule has 2 rings (SSSR count). The number of carboxylic acids is 1. The van der Waals surface area contributed by atoms with Gasteiger partial charge in [0.2, 0.25) is 5.91 Å². The molecular formula is C12H10N2O4S3. The number of hydrogen-bond acceptors (Lipinski definition) is 6. The molecule has 2 heterocycles. The van der Waals surface area contributed by atoms with Crippen molar-refractivity contribution < 1.29 is 19.5 Å². The molecule has 110 valence electrons. The lowest BCUT2D eigenvalue weighted by atomic mass is 10.4. The molecule has 0 aromatic carbocycles. The zero-order valence-corrected chi connectivity index (χ0v) is 12.9. The Morgan fingerprint density at radius 2 is 2.00 bits per heavy atom. The lowest BCUT2D eigenvalue weighted by Gasteiger charge is -2.05. The predicted octanol–water partition coefficient (Wildman–Crippen LogP) is 2.06. The van der Waals surface area contributed by atoms with Crippen LogP contribution in [0, 0.1) is 0 Å². The normalized spacial score (nSPS) is 10.1. The molecule has 0 unspecified atom stereocenters. The number of carbonyl (C=O) groups excluding carboxylic acids is 2. The Morgan fingerprint density at radius 1 is 1.19 bits per heavy atom. The van der Waals surface area contributed by atoms with Gasteiger partial charge in [-0.15, -0.1) is 34.4 Å². The second-order valence-electron chi connectivity index (χ2n) is 3.72. The summed E-state index contributed by atoms with van der Waals surface area (Å²) in [6.07, 6.45) is 0.